The van der Waals surface area contributed by atoms with E-state index in [-0.39, 0.29) is 11.9 Å². The molecule has 0 saturated carbocycles. The Kier molecular flexibility index (Phi) is 5.97. The standard InChI is InChI=1S/C24H27ClN8O/c1-15(13-33-9-4-10-33)27-23(34)22-12-20(30-32(22)3)19-7-8-26-24(29-19)28-16-5-6-21-17(11-16)18(25)14-31(21)2/h5-8,11-12,14-15H,4,9-10,13H2,1-3H3,(H,27,34)(H,26,28,29)/t15-/m0/s1. The van der Waals surface area contributed by atoms with Crippen LogP contribution in [0, 0.1) is 0 Å². The molecule has 0 radical (unpaired) electrons. The van der Waals surface area contributed by atoms with E-state index in [4.69, 9.17) is 11.6 Å². The van der Waals surface area contributed by atoms with Gasteiger partial charge in [0.15, 0.2) is 0 Å². The highest BCUT2D eigenvalue weighted by Crippen LogP contribution is 2.29. The Morgan fingerprint density at radius 1 is 1.18 bits per heavy atom. The molecule has 1 aliphatic rings. The van der Waals surface area contributed by atoms with Crippen molar-refractivity contribution in [3.8, 4) is 11.4 Å². The lowest BCUT2D eigenvalue weighted by Crippen LogP contribution is -2.47. The number of nitrogens with zero attached hydrogens (tertiary/aromatic N) is 6. The van der Waals surface area contributed by atoms with Crippen molar-refractivity contribution in [2.75, 3.05) is 25.0 Å². The van der Waals surface area contributed by atoms with E-state index >= 15 is 0 Å². The average Bonchev–Trinajstić information content (AvgIpc) is 3.30. The Hall–Kier alpha value is -3.43. The second kappa shape index (κ2) is 9.08. The number of nitrogens with one attached hydrogen (secondary N) is 2. The van der Waals surface area contributed by atoms with Crippen LogP contribution in [0.25, 0.3) is 22.3 Å². The maximum absolute atomic E-state index is 12.8. The van der Waals surface area contributed by atoms with Crippen molar-refractivity contribution in [3.05, 3.63) is 53.4 Å². The van der Waals surface area contributed by atoms with Crippen LogP contribution in [0.4, 0.5) is 11.6 Å². The first-order valence-corrected chi connectivity index (χ1v) is 11.7. The van der Waals surface area contributed by atoms with Gasteiger partial charge in [0.05, 0.1) is 10.7 Å². The van der Waals surface area contributed by atoms with E-state index in [1.165, 1.54) is 6.42 Å². The van der Waals surface area contributed by atoms with E-state index < -0.39 is 0 Å². The van der Waals surface area contributed by atoms with E-state index in [1.54, 1.807) is 30.1 Å². The fourth-order valence-electron chi connectivity index (χ4n) is 4.21. The molecule has 9 nitrogen and oxygen atoms in total. The summed E-state index contributed by atoms with van der Waals surface area (Å²) in [5, 5.41) is 12.5. The number of hydrogen-bond donors (Lipinski definition) is 2. The van der Waals surface area contributed by atoms with Gasteiger partial charge in [-0.25, -0.2) is 9.97 Å². The lowest BCUT2D eigenvalue weighted by atomic mass is 10.2. The number of aryl methyl sites for hydroxylation is 2. The molecule has 10 heteroatoms. The second-order valence-corrected chi connectivity index (χ2v) is 9.18. The van der Waals surface area contributed by atoms with Crippen molar-refractivity contribution < 1.29 is 4.79 Å². The molecule has 1 saturated heterocycles. The molecule has 176 valence electrons. The predicted octanol–water partition coefficient (Wildman–Crippen LogP) is 3.59. The summed E-state index contributed by atoms with van der Waals surface area (Å²) in [6.07, 6.45) is 4.78. The second-order valence-electron chi connectivity index (χ2n) is 8.78. The van der Waals surface area contributed by atoms with E-state index in [9.17, 15) is 4.79 Å². The first kappa shape index (κ1) is 22.4. The summed E-state index contributed by atoms with van der Waals surface area (Å²) >= 11 is 6.34. The molecule has 4 aromatic rings. The minimum absolute atomic E-state index is 0.0662. The van der Waals surface area contributed by atoms with Crippen molar-refractivity contribution >= 4 is 40.0 Å². The van der Waals surface area contributed by atoms with Gasteiger partial charge in [-0.05, 0) is 56.8 Å². The number of fused-ring (bicyclic) bond motifs is 1. The number of hydrogen-bond acceptors (Lipinski definition) is 6. The van der Waals surface area contributed by atoms with Crippen LogP contribution in [0.2, 0.25) is 5.02 Å². The first-order chi connectivity index (χ1) is 16.4. The molecule has 3 aromatic heterocycles. The molecule has 0 bridgehead atoms. The summed E-state index contributed by atoms with van der Waals surface area (Å²) < 4.78 is 3.57. The summed E-state index contributed by atoms with van der Waals surface area (Å²) in [5.74, 6) is 0.290. The molecule has 0 aliphatic carbocycles. The molecule has 1 fully saturated rings. The van der Waals surface area contributed by atoms with Crippen LogP contribution in [0.1, 0.15) is 23.8 Å². The van der Waals surface area contributed by atoms with Crippen LogP contribution >= 0.6 is 11.6 Å². The summed E-state index contributed by atoms with van der Waals surface area (Å²) in [6.45, 7) is 5.09. The van der Waals surface area contributed by atoms with Gasteiger partial charge in [0.25, 0.3) is 5.91 Å². The van der Waals surface area contributed by atoms with Gasteiger partial charge in [0, 0.05) is 55.7 Å². The molecule has 0 unspecified atom stereocenters. The van der Waals surface area contributed by atoms with Crippen LogP contribution in [-0.2, 0) is 14.1 Å². The number of carbonyl (C=O) groups excluding carboxylic acids is 1. The normalized spacial score (nSPS) is 14.7. The summed E-state index contributed by atoms with van der Waals surface area (Å²) in [4.78, 5) is 24.1. The zero-order valence-electron chi connectivity index (χ0n) is 19.4. The molecule has 1 amide bonds. The SMILES string of the molecule is C[C@@H](CN1CCC1)NC(=O)c1cc(-c2ccnc(Nc3ccc4c(c3)c(Cl)cn4C)n2)nn1C. The zero-order valence-corrected chi connectivity index (χ0v) is 20.2. The monoisotopic (exact) mass is 478 g/mol. The highest BCUT2D eigenvalue weighted by atomic mass is 35.5. The first-order valence-electron chi connectivity index (χ1n) is 11.3. The van der Waals surface area contributed by atoms with Crippen LogP contribution in [0.5, 0.6) is 0 Å². The largest absolute Gasteiger partial charge is 0.349 e. The number of benzene rings is 1. The van der Waals surface area contributed by atoms with Crippen molar-refractivity contribution in [3.63, 3.8) is 0 Å². The van der Waals surface area contributed by atoms with Crippen molar-refractivity contribution in [2.45, 2.75) is 19.4 Å². The summed E-state index contributed by atoms with van der Waals surface area (Å²) in [5.41, 5.74) is 3.59. The Balaban J connectivity index is 1.32. The average molecular weight is 479 g/mol. The van der Waals surface area contributed by atoms with Crippen molar-refractivity contribution in [2.24, 2.45) is 14.1 Å². The van der Waals surface area contributed by atoms with Gasteiger partial charge < -0.3 is 20.1 Å². The van der Waals surface area contributed by atoms with E-state index in [1.807, 2.05) is 42.9 Å². The van der Waals surface area contributed by atoms with Gasteiger partial charge in [0.1, 0.15) is 11.4 Å². The Morgan fingerprint density at radius 2 is 2.00 bits per heavy atom. The maximum atomic E-state index is 12.8. The molecule has 1 aliphatic heterocycles. The minimum atomic E-state index is -0.144. The lowest BCUT2D eigenvalue weighted by molar-refractivity contribution is 0.0905. The number of carbonyl (C=O) groups is 1. The van der Waals surface area contributed by atoms with Crippen LogP contribution in [0.15, 0.2) is 42.7 Å². The van der Waals surface area contributed by atoms with E-state index in [0.29, 0.717) is 28.1 Å². The maximum Gasteiger partial charge on any atom is 0.269 e. The molecule has 0 spiro atoms. The number of amides is 1. The van der Waals surface area contributed by atoms with Crippen molar-refractivity contribution in [1.82, 2.24) is 34.5 Å². The van der Waals surface area contributed by atoms with Crippen molar-refractivity contribution in [1.29, 1.82) is 0 Å². The Labute approximate surface area is 202 Å². The summed E-state index contributed by atoms with van der Waals surface area (Å²) in [7, 11) is 3.72. The van der Waals surface area contributed by atoms with Crippen LogP contribution in [0.3, 0.4) is 0 Å². The predicted molar refractivity (Wildman–Crippen MR) is 133 cm³/mol. The topological polar surface area (TPSA) is 92.9 Å². The number of halogens is 1. The fourth-order valence-corrected chi connectivity index (χ4v) is 4.51. The molecular formula is C24H27ClN8O. The molecule has 34 heavy (non-hydrogen) atoms. The van der Waals surface area contributed by atoms with Gasteiger partial charge in [-0.3, -0.25) is 9.48 Å². The third-order valence-corrected chi connectivity index (χ3v) is 6.39. The van der Waals surface area contributed by atoms with Gasteiger partial charge in [-0.15, -0.1) is 0 Å². The molecular weight excluding hydrogens is 452 g/mol. The number of anilines is 2. The molecule has 2 N–H and O–H groups in total. The number of aromatic nitrogens is 5. The third kappa shape index (κ3) is 4.49. The minimum Gasteiger partial charge on any atom is -0.349 e. The highest BCUT2D eigenvalue weighted by Gasteiger charge is 2.20. The van der Waals surface area contributed by atoms with Gasteiger partial charge >= 0.3 is 0 Å². The van der Waals surface area contributed by atoms with E-state index in [0.717, 1.165) is 36.2 Å². The summed E-state index contributed by atoms with van der Waals surface area (Å²) in [6, 6.07) is 9.53. The van der Waals surface area contributed by atoms with Gasteiger partial charge in [0.2, 0.25) is 5.95 Å². The zero-order chi connectivity index (χ0) is 23.8. The Morgan fingerprint density at radius 3 is 2.76 bits per heavy atom. The number of rotatable bonds is 7. The highest BCUT2D eigenvalue weighted by molar-refractivity contribution is 6.35. The number of likely N-dealkylation sites (tertiary alicyclic amines) is 1. The Bertz CT molecular complexity index is 1360. The lowest BCUT2D eigenvalue weighted by Gasteiger charge is -2.33. The van der Waals surface area contributed by atoms with E-state index in [2.05, 4.69) is 30.6 Å². The fraction of sp³-hybridized carbons (Fsp3) is 0.333. The molecule has 1 atom stereocenters. The van der Waals surface area contributed by atoms with Gasteiger partial charge in [-0.2, -0.15) is 5.10 Å². The molecule has 4 heterocycles. The third-order valence-electron chi connectivity index (χ3n) is 6.09. The van der Waals surface area contributed by atoms with Gasteiger partial charge in [-0.1, -0.05) is 11.6 Å². The van der Waals surface area contributed by atoms with Crippen LogP contribution < -0.4 is 10.6 Å². The van der Waals surface area contributed by atoms with Crippen LogP contribution in [-0.4, -0.2) is 60.8 Å². The molecule has 1 aromatic carbocycles. The quantitative estimate of drug-likeness (QED) is 0.421. The smallest absolute Gasteiger partial charge is 0.269 e. The molecule has 5 rings (SSSR count).